The lowest BCUT2D eigenvalue weighted by Gasteiger charge is -2.07. The molecular formula is C14H16ClN3O2. The molecular weight excluding hydrogens is 278 g/mol. The predicted molar refractivity (Wildman–Crippen MR) is 77.4 cm³/mol. The van der Waals surface area contributed by atoms with Gasteiger partial charge in [-0.2, -0.15) is 5.10 Å². The van der Waals surface area contributed by atoms with Gasteiger partial charge >= 0.3 is 5.97 Å². The van der Waals surface area contributed by atoms with E-state index in [0.717, 1.165) is 11.3 Å². The highest BCUT2D eigenvalue weighted by molar-refractivity contribution is 6.31. The fourth-order valence-electron chi connectivity index (χ4n) is 1.81. The summed E-state index contributed by atoms with van der Waals surface area (Å²) in [5.74, 6) is -0.379. The van der Waals surface area contributed by atoms with E-state index in [-0.39, 0.29) is 19.1 Å². The second-order valence-corrected chi connectivity index (χ2v) is 4.90. The van der Waals surface area contributed by atoms with Crippen molar-refractivity contribution in [1.29, 1.82) is 0 Å². The molecule has 106 valence electrons. The molecule has 20 heavy (non-hydrogen) atoms. The highest BCUT2D eigenvalue weighted by Gasteiger charge is 2.12. The topological polar surface area (TPSA) is 70.1 Å². The minimum Gasteiger partial charge on any atom is -0.459 e. The van der Waals surface area contributed by atoms with Crippen molar-refractivity contribution in [3.05, 3.63) is 46.2 Å². The molecule has 0 radical (unpaired) electrons. The molecule has 0 bridgehead atoms. The van der Waals surface area contributed by atoms with Crippen molar-refractivity contribution >= 4 is 23.3 Å². The lowest BCUT2D eigenvalue weighted by atomic mass is 10.2. The molecule has 6 heteroatoms. The number of hydrogen-bond donors (Lipinski definition) is 1. The van der Waals surface area contributed by atoms with E-state index in [0.29, 0.717) is 16.4 Å². The van der Waals surface area contributed by atoms with Crippen molar-refractivity contribution in [2.45, 2.75) is 27.0 Å². The first-order valence-electron chi connectivity index (χ1n) is 6.17. The molecule has 0 saturated carbocycles. The van der Waals surface area contributed by atoms with Crippen LogP contribution in [0.5, 0.6) is 0 Å². The van der Waals surface area contributed by atoms with Crippen LogP contribution in [-0.2, 0) is 22.7 Å². The van der Waals surface area contributed by atoms with E-state index in [1.54, 1.807) is 17.7 Å². The summed E-state index contributed by atoms with van der Waals surface area (Å²) in [4.78, 5) is 11.8. The molecule has 2 aromatic rings. The van der Waals surface area contributed by atoms with E-state index in [1.807, 2.05) is 25.1 Å². The van der Waals surface area contributed by atoms with Gasteiger partial charge in [-0.1, -0.05) is 29.8 Å². The molecule has 0 aliphatic heterocycles. The number of carbonyl (C=O) groups excluding carboxylic acids is 1. The first kappa shape index (κ1) is 14.4. The molecule has 2 N–H and O–H groups in total. The number of nitrogen functional groups attached to an aromatic ring is 1. The Bertz CT molecular complexity index is 637. The number of rotatable bonds is 4. The summed E-state index contributed by atoms with van der Waals surface area (Å²) in [6.45, 7) is 3.80. The quantitative estimate of drug-likeness (QED) is 0.879. The third-order valence-electron chi connectivity index (χ3n) is 3.06. The van der Waals surface area contributed by atoms with Gasteiger partial charge in [0.15, 0.2) is 0 Å². The van der Waals surface area contributed by atoms with Gasteiger partial charge in [0.25, 0.3) is 0 Å². The Labute approximate surface area is 122 Å². The summed E-state index contributed by atoms with van der Waals surface area (Å²) in [7, 11) is 0. The Kier molecular flexibility index (Phi) is 4.29. The van der Waals surface area contributed by atoms with Gasteiger partial charge in [0.1, 0.15) is 13.2 Å². The van der Waals surface area contributed by atoms with Gasteiger partial charge in [-0.15, -0.1) is 0 Å². The summed E-state index contributed by atoms with van der Waals surface area (Å²) >= 11 is 5.99. The SMILES string of the molecule is Cc1nn(CC(=O)OCc2ccccc2Cl)c(C)c1N. The first-order valence-corrected chi connectivity index (χ1v) is 6.55. The molecule has 1 aromatic carbocycles. The molecule has 1 aromatic heterocycles. The van der Waals surface area contributed by atoms with Crippen LogP contribution in [0.25, 0.3) is 0 Å². The Balaban J connectivity index is 1.96. The number of nitrogens with two attached hydrogens (primary N) is 1. The lowest BCUT2D eigenvalue weighted by molar-refractivity contribution is -0.145. The highest BCUT2D eigenvalue weighted by Crippen LogP contribution is 2.17. The zero-order valence-corrected chi connectivity index (χ0v) is 12.1. The van der Waals surface area contributed by atoms with E-state index in [2.05, 4.69) is 5.10 Å². The number of aryl methyl sites for hydroxylation is 1. The second-order valence-electron chi connectivity index (χ2n) is 4.49. The van der Waals surface area contributed by atoms with Crippen molar-refractivity contribution in [2.75, 3.05) is 5.73 Å². The number of benzene rings is 1. The van der Waals surface area contributed by atoms with Crippen LogP contribution in [0.4, 0.5) is 5.69 Å². The van der Waals surface area contributed by atoms with Crippen LogP contribution in [-0.4, -0.2) is 15.7 Å². The zero-order valence-electron chi connectivity index (χ0n) is 11.4. The third kappa shape index (κ3) is 3.11. The number of nitrogens with zero attached hydrogens (tertiary/aromatic N) is 2. The van der Waals surface area contributed by atoms with Crippen LogP contribution in [0, 0.1) is 13.8 Å². The van der Waals surface area contributed by atoms with Crippen molar-refractivity contribution < 1.29 is 9.53 Å². The molecule has 0 atom stereocenters. The van der Waals surface area contributed by atoms with E-state index in [4.69, 9.17) is 22.1 Å². The minimum absolute atomic E-state index is 0.0360. The number of ether oxygens (including phenoxy) is 1. The van der Waals surface area contributed by atoms with Crippen LogP contribution < -0.4 is 5.73 Å². The Morgan fingerprint density at radius 2 is 2.10 bits per heavy atom. The van der Waals surface area contributed by atoms with Crippen molar-refractivity contribution in [3.8, 4) is 0 Å². The summed E-state index contributed by atoms with van der Waals surface area (Å²) < 4.78 is 6.73. The molecule has 0 fully saturated rings. The highest BCUT2D eigenvalue weighted by atomic mass is 35.5. The maximum Gasteiger partial charge on any atom is 0.328 e. The van der Waals surface area contributed by atoms with Gasteiger partial charge in [0.2, 0.25) is 0 Å². The van der Waals surface area contributed by atoms with Gasteiger partial charge in [-0.3, -0.25) is 9.48 Å². The summed E-state index contributed by atoms with van der Waals surface area (Å²) in [6, 6.07) is 7.24. The molecule has 0 spiro atoms. The van der Waals surface area contributed by atoms with Crippen LogP contribution >= 0.6 is 11.6 Å². The Morgan fingerprint density at radius 1 is 1.40 bits per heavy atom. The number of esters is 1. The number of halogens is 1. The van der Waals surface area contributed by atoms with Crippen molar-refractivity contribution in [1.82, 2.24) is 9.78 Å². The summed E-state index contributed by atoms with van der Waals surface area (Å²) in [5, 5.41) is 4.77. The van der Waals surface area contributed by atoms with Crippen LogP contribution in [0.3, 0.4) is 0 Å². The van der Waals surface area contributed by atoms with Crippen LogP contribution in [0.2, 0.25) is 5.02 Å². The molecule has 0 aliphatic rings. The molecule has 0 aliphatic carbocycles. The molecule has 1 heterocycles. The number of hydrogen-bond acceptors (Lipinski definition) is 4. The van der Waals surface area contributed by atoms with Crippen LogP contribution in [0.1, 0.15) is 17.0 Å². The second kappa shape index (κ2) is 5.96. The van der Waals surface area contributed by atoms with E-state index in [9.17, 15) is 4.79 Å². The van der Waals surface area contributed by atoms with Crippen molar-refractivity contribution in [2.24, 2.45) is 0 Å². The minimum atomic E-state index is -0.379. The third-order valence-corrected chi connectivity index (χ3v) is 3.43. The Hall–Kier alpha value is -2.01. The van der Waals surface area contributed by atoms with Crippen LogP contribution in [0.15, 0.2) is 24.3 Å². The molecule has 0 unspecified atom stereocenters. The average molecular weight is 294 g/mol. The summed E-state index contributed by atoms with van der Waals surface area (Å²) in [6.07, 6.45) is 0. The molecule has 0 amide bonds. The van der Waals surface area contributed by atoms with E-state index in [1.165, 1.54) is 0 Å². The Morgan fingerprint density at radius 3 is 2.70 bits per heavy atom. The summed E-state index contributed by atoms with van der Waals surface area (Å²) in [5.41, 5.74) is 8.66. The molecule has 0 saturated heterocycles. The van der Waals surface area contributed by atoms with Gasteiger partial charge in [0, 0.05) is 10.6 Å². The molecule has 2 rings (SSSR count). The number of aromatic nitrogens is 2. The number of anilines is 1. The monoisotopic (exact) mass is 293 g/mol. The average Bonchev–Trinajstić information content (AvgIpc) is 2.65. The molecule has 5 nitrogen and oxygen atoms in total. The normalized spacial score (nSPS) is 10.6. The largest absolute Gasteiger partial charge is 0.459 e. The van der Waals surface area contributed by atoms with E-state index >= 15 is 0 Å². The fraction of sp³-hybridized carbons (Fsp3) is 0.286. The fourth-order valence-corrected chi connectivity index (χ4v) is 2.00. The maximum absolute atomic E-state index is 11.8. The predicted octanol–water partition coefficient (Wildman–Crippen LogP) is 2.48. The van der Waals surface area contributed by atoms with Gasteiger partial charge < -0.3 is 10.5 Å². The number of carbonyl (C=O) groups is 1. The van der Waals surface area contributed by atoms with Crippen molar-refractivity contribution in [3.63, 3.8) is 0 Å². The zero-order chi connectivity index (χ0) is 14.7. The van der Waals surface area contributed by atoms with E-state index < -0.39 is 0 Å². The van der Waals surface area contributed by atoms with Gasteiger partial charge in [-0.05, 0) is 19.9 Å². The lowest BCUT2D eigenvalue weighted by Crippen LogP contribution is -2.15. The smallest absolute Gasteiger partial charge is 0.328 e. The maximum atomic E-state index is 11.8. The van der Waals surface area contributed by atoms with Gasteiger partial charge in [-0.25, -0.2) is 0 Å². The first-order chi connectivity index (χ1) is 9.49. The standard InChI is InChI=1S/C14H16ClN3O2/c1-9-14(16)10(2)18(17-9)7-13(19)20-8-11-5-3-4-6-12(11)15/h3-6H,7-8,16H2,1-2H3. The van der Waals surface area contributed by atoms with Gasteiger partial charge in [0.05, 0.1) is 17.1 Å².